The molecule has 0 aliphatic carbocycles. The van der Waals surface area contributed by atoms with E-state index < -0.39 is 82.4 Å². The smallest absolute Gasteiger partial charge is 0.244 e. The van der Waals surface area contributed by atoms with Crippen LogP contribution < -0.4 is 0 Å². The number of sulfone groups is 1. The van der Waals surface area contributed by atoms with Crippen molar-refractivity contribution >= 4 is 31.5 Å². The van der Waals surface area contributed by atoms with Gasteiger partial charge in [0.2, 0.25) is 10.0 Å². The molecule has 2 aromatic carbocycles. The van der Waals surface area contributed by atoms with Crippen LogP contribution in [0.1, 0.15) is 5.56 Å². The van der Waals surface area contributed by atoms with E-state index in [2.05, 4.69) is 0 Å². The number of rotatable bonds is 5. The minimum Gasteiger partial charge on any atom is -0.393 e. The quantitative estimate of drug-likeness (QED) is 0.637. The third-order valence-electron chi connectivity index (χ3n) is 4.97. The normalized spacial score (nSPS) is 22.4. The molecule has 0 amide bonds. The van der Waals surface area contributed by atoms with Gasteiger partial charge in [-0.3, -0.25) is 0 Å². The topological polar surface area (TPSA) is 136 Å². The molecule has 166 valence electrons. The van der Waals surface area contributed by atoms with E-state index in [-0.39, 0.29) is 0 Å². The highest BCUT2D eigenvalue weighted by molar-refractivity contribution is 7.92. The van der Waals surface area contributed by atoms with Gasteiger partial charge >= 0.3 is 0 Å². The van der Waals surface area contributed by atoms with Crippen LogP contribution in [0.3, 0.4) is 0 Å². The number of halogens is 3. The molecule has 1 aliphatic heterocycles. The lowest BCUT2D eigenvalue weighted by atomic mass is 10.1. The second-order valence-electron chi connectivity index (χ2n) is 6.92. The summed E-state index contributed by atoms with van der Waals surface area (Å²) in [7, 11) is -9.04. The Balaban J connectivity index is 2.04. The molecule has 13 heteroatoms. The van der Waals surface area contributed by atoms with Gasteiger partial charge in [0, 0.05) is 13.1 Å². The summed E-state index contributed by atoms with van der Waals surface area (Å²) in [5.41, 5.74) is -2.82. The van der Waals surface area contributed by atoms with Crippen LogP contribution in [-0.4, -0.2) is 61.9 Å². The fourth-order valence-electron chi connectivity index (χ4n) is 3.30. The summed E-state index contributed by atoms with van der Waals surface area (Å²) in [6.45, 7) is -2.70. The highest BCUT2D eigenvalue weighted by Crippen LogP contribution is 2.36. The zero-order chi connectivity index (χ0) is 23.2. The van der Waals surface area contributed by atoms with Gasteiger partial charge in [-0.2, -0.15) is 9.57 Å². The fourth-order valence-corrected chi connectivity index (χ4v) is 7.37. The Morgan fingerprint density at radius 3 is 2.42 bits per heavy atom. The molecule has 0 radical (unpaired) electrons. The van der Waals surface area contributed by atoms with Gasteiger partial charge in [0.1, 0.15) is 33.5 Å². The number of sulfonamides is 1. The monoisotopic (exact) mass is 492 g/mol. The van der Waals surface area contributed by atoms with Gasteiger partial charge in [-0.05, 0) is 36.4 Å². The number of hydrogen-bond acceptors (Lipinski definition) is 7. The van der Waals surface area contributed by atoms with Gasteiger partial charge in [-0.25, -0.2) is 25.6 Å². The molecule has 2 atom stereocenters. The van der Waals surface area contributed by atoms with E-state index in [9.17, 15) is 35.8 Å². The molecule has 1 saturated heterocycles. The SMILES string of the molecule is N#Cc1ccc(S(=O)(=O)[C@H]2CN(S(=O)(=O)c3ccc(F)cc3Cl)C[C@@]2(O)CO)cc1F. The number of aliphatic hydroxyl groups is 2. The molecule has 0 unspecified atom stereocenters. The van der Waals surface area contributed by atoms with Gasteiger partial charge < -0.3 is 10.2 Å². The lowest BCUT2D eigenvalue weighted by Gasteiger charge is -2.26. The maximum absolute atomic E-state index is 14.0. The van der Waals surface area contributed by atoms with E-state index in [4.69, 9.17) is 16.9 Å². The van der Waals surface area contributed by atoms with Gasteiger partial charge in [-0.15, -0.1) is 0 Å². The molecule has 0 spiro atoms. The summed E-state index contributed by atoms with van der Waals surface area (Å²) in [5, 5.41) is 26.9. The summed E-state index contributed by atoms with van der Waals surface area (Å²) in [4.78, 5) is -1.11. The van der Waals surface area contributed by atoms with Crippen molar-refractivity contribution in [3.05, 3.63) is 58.6 Å². The molecular weight excluding hydrogens is 478 g/mol. The first-order valence-electron chi connectivity index (χ1n) is 8.59. The third kappa shape index (κ3) is 4.05. The molecule has 3 rings (SSSR count). The molecule has 0 bridgehead atoms. The molecule has 2 aromatic rings. The van der Waals surface area contributed by atoms with Crippen molar-refractivity contribution < 1.29 is 35.8 Å². The van der Waals surface area contributed by atoms with Gasteiger partial charge in [0.05, 0.1) is 22.1 Å². The highest BCUT2D eigenvalue weighted by Gasteiger charge is 2.55. The van der Waals surface area contributed by atoms with Crippen molar-refractivity contribution in [2.24, 2.45) is 0 Å². The van der Waals surface area contributed by atoms with Crippen LogP contribution >= 0.6 is 11.6 Å². The van der Waals surface area contributed by atoms with Crippen LogP contribution in [-0.2, 0) is 19.9 Å². The first-order chi connectivity index (χ1) is 14.4. The minimum atomic E-state index is -4.56. The number of aliphatic hydroxyl groups excluding tert-OH is 1. The summed E-state index contributed by atoms with van der Waals surface area (Å²) in [5.74, 6) is -1.91. The van der Waals surface area contributed by atoms with Crippen molar-refractivity contribution in [1.82, 2.24) is 4.31 Å². The maximum Gasteiger partial charge on any atom is 0.244 e. The maximum atomic E-state index is 14.0. The van der Waals surface area contributed by atoms with Gasteiger partial charge in [-0.1, -0.05) is 11.6 Å². The first kappa shape index (κ1) is 23.5. The van der Waals surface area contributed by atoms with Crippen LogP contribution in [0, 0.1) is 23.0 Å². The first-order valence-corrected chi connectivity index (χ1v) is 12.0. The second kappa shape index (κ2) is 8.09. The second-order valence-corrected chi connectivity index (χ2v) is 11.4. The molecule has 0 saturated carbocycles. The predicted octanol–water partition coefficient (Wildman–Crippen LogP) is 1.06. The lowest BCUT2D eigenvalue weighted by molar-refractivity contribution is 0.00159. The molecule has 1 fully saturated rings. The Kier molecular flexibility index (Phi) is 6.13. The van der Waals surface area contributed by atoms with Gasteiger partial charge in [0.25, 0.3) is 0 Å². The molecule has 31 heavy (non-hydrogen) atoms. The van der Waals surface area contributed by atoms with Crippen LogP contribution in [0.25, 0.3) is 0 Å². The summed E-state index contributed by atoms with van der Waals surface area (Å²) in [6.07, 6.45) is 0. The van der Waals surface area contributed by atoms with Crippen molar-refractivity contribution in [3.63, 3.8) is 0 Å². The average molecular weight is 493 g/mol. The van der Waals surface area contributed by atoms with E-state index in [0.29, 0.717) is 10.4 Å². The zero-order valence-corrected chi connectivity index (χ0v) is 17.9. The molecule has 1 aliphatic rings. The molecule has 0 aromatic heterocycles. The van der Waals surface area contributed by atoms with Crippen LogP contribution in [0.2, 0.25) is 5.02 Å². The van der Waals surface area contributed by atoms with Crippen molar-refractivity contribution in [2.45, 2.75) is 20.6 Å². The Hall–Kier alpha value is -2.14. The standard InChI is InChI=1S/C18H15ClF2N2O6S2/c19-14-5-12(20)2-4-16(14)31(28,29)23-8-17(18(25,9-23)10-24)30(26,27)13-3-1-11(7-22)15(21)6-13/h1-6,17,24-25H,8-10H2/t17-,18+/m0/s1. The van der Waals surface area contributed by atoms with Crippen molar-refractivity contribution in [3.8, 4) is 6.07 Å². The minimum absolute atomic E-state index is 0.405. The van der Waals surface area contributed by atoms with E-state index in [1.807, 2.05) is 0 Å². The number of benzene rings is 2. The lowest BCUT2D eigenvalue weighted by Crippen LogP contribution is -2.49. The van der Waals surface area contributed by atoms with E-state index in [1.54, 1.807) is 0 Å². The van der Waals surface area contributed by atoms with Crippen LogP contribution in [0.15, 0.2) is 46.2 Å². The van der Waals surface area contributed by atoms with E-state index in [0.717, 1.165) is 30.3 Å². The van der Waals surface area contributed by atoms with Crippen molar-refractivity contribution in [2.75, 3.05) is 19.7 Å². The van der Waals surface area contributed by atoms with Gasteiger partial charge in [0.15, 0.2) is 9.84 Å². The Morgan fingerprint density at radius 2 is 1.87 bits per heavy atom. The number of β-amino-alcohol motifs (C(OH)–C–C–N with tert-alkyl or cyclic N) is 1. The molecule has 1 heterocycles. The molecule has 8 nitrogen and oxygen atoms in total. The summed E-state index contributed by atoms with van der Waals surface area (Å²) in [6, 6.07) is 6.50. The fraction of sp³-hybridized carbons (Fsp3) is 0.278. The Bertz CT molecular complexity index is 1300. The van der Waals surface area contributed by atoms with Crippen molar-refractivity contribution in [1.29, 1.82) is 5.26 Å². The van der Waals surface area contributed by atoms with Crippen LogP contribution in [0.4, 0.5) is 8.78 Å². The number of nitriles is 1. The van der Waals surface area contributed by atoms with Crippen LogP contribution in [0.5, 0.6) is 0 Å². The zero-order valence-electron chi connectivity index (χ0n) is 15.5. The predicted molar refractivity (Wildman–Crippen MR) is 104 cm³/mol. The third-order valence-corrected chi connectivity index (χ3v) is 9.51. The molecule has 2 N–H and O–H groups in total. The molecular formula is C18H15ClF2N2O6S2. The summed E-state index contributed by atoms with van der Waals surface area (Å²) < 4.78 is 79.9. The largest absolute Gasteiger partial charge is 0.393 e. The van der Waals surface area contributed by atoms with E-state index >= 15 is 0 Å². The van der Waals surface area contributed by atoms with E-state index in [1.165, 1.54) is 6.07 Å². The number of hydrogen-bond donors (Lipinski definition) is 2. The number of nitrogens with zero attached hydrogens (tertiary/aromatic N) is 2. The average Bonchev–Trinajstić information content (AvgIpc) is 3.07. The Morgan fingerprint density at radius 1 is 1.19 bits per heavy atom. The Labute approximate surface area is 181 Å². The highest BCUT2D eigenvalue weighted by atomic mass is 35.5. The summed E-state index contributed by atoms with van der Waals surface area (Å²) >= 11 is 5.82.